The molecule has 3 nitrogen and oxygen atoms in total. The molecule has 1 aliphatic carbocycles. The zero-order valence-electron chi connectivity index (χ0n) is 8.61. The highest BCUT2D eigenvalue weighted by Crippen LogP contribution is 2.44. The molecule has 0 atom stereocenters. The maximum Gasteiger partial charge on any atom is 0.229 e. The number of aromatic nitrogens is 1. The van der Waals surface area contributed by atoms with Crippen molar-refractivity contribution < 1.29 is 4.52 Å². The second kappa shape index (κ2) is 3.52. The second-order valence-electron chi connectivity index (χ2n) is 4.11. The number of hydrogen-bond acceptors (Lipinski definition) is 3. The quantitative estimate of drug-likeness (QED) is 0.866. The molecule has 1 aromatic carbocycles. The topological polar surface area (TPSA) is 52.0 Å². The fourth-order valence-electron chi connectivity index (χ4n) is 1.89. The highest BCUT2D eigenvalue weighted by Gasteiger charge is 2.25. The Labute approximate surface area is 98.2 Å². The minimum Gasteiger partial charge on any atom is -0.367 e. The molecule has 1 fully saturated rings. The van der Waals surface area contributed by atoms with E-state index in [4.69, 9.17) is 21.9 Å². The average molecular weight is 235 g/mol. The molecular formula is C12H11ClN2O. The highest BCUT2D eigenvalue weighted by molar-refractivity contribution is 6.31. The van der Waals surface area contributed by atoms with Gasteiger partial charge in [-0.15, -0.1) is 0 Å². The van der Waals surface area contributed by atoms with E-state index < -0.39 is 0 Å². The molecule has 2 aromatic rings. The molecule has 0 bridgehead atoms. The monoisotopic (exact) mass is 234 g/mol. The Kier molecular flexibility index (Phi) is 2.14. The molecule has 1 saturated carbocycles. The van der Waals surface area contributed by atoms with Crippen LogP contribution in [-0.2, 0) is 0 Å². The van der Waals surface area contributed by atoms with Gasteiger partial charge in [-0.25, -0.2) is 0 Å². The van der Waals surface area contributed by atoms with Crippen molar-refractivity contribution in [3.05, 3.63) is 35.0 Å². The van der Waals surface area contributed by atoms with Crippen LogP contribution in [0.5, 0.6) is 0 Å². The van der Waals surface area contributed by atoms with Gasteiger partial charge in [0.1, 0.15) is 0 Å². The molecule has 0 saturated heterocycles. The predicted octanol–water partition coefficient (Wildman–Crippen LogP) is 3.45. The first-order valence-electron chi connectivity index (χ1n) is 5.25. The van der Waals surface area contributed by atoms with Crippen LogP contribution in [0.3, 0.4) is 0 Å². The highest BCUT2D eigenvalue weighted by atomic mass is 35.5. The van der Waals surface area contributed by atoms with Gasteiger partial charge in [0.2, 0.25) is 5.88 Å². The van der Waals surface area contributed by atoms with Gasteiger partial charge in [-0.3, -0.25) is 0 Å². The molecule has 82 valence electrons. The molecule has 4 heteroatoms. The summed E-state index contributed by atoms with van der Waals surface area (Å²) in [6, 6.07) is 6.02. The Morgan fingerprint density at radius 3 is 2.75 bits per heavy atom. The van der Waals surface area contributed by atoms with E-state index in [9.17, 15) is 0 Å². The summed E-state index contributed by atoms with van der Waals surface area (Å²) in [5, 5.41) is 4.46. The molecule has 0 aliphatic heterocycles. The summed E-state index contributed by atoms with van der Waals surface area (Å²) in [5.74, 6) is 0.983. The Balaban J connectivity index is 2.03. The second-order valence-corrected chi connectivity index (χ2v) is 4.52. The van der Waals surface area contributed by atoms with Gasteiger partial charge in [-0.05, 0) is 36.0 Å². The summed E-state index contributed by atoms with van der Waals surface area (Å²) >= 11 is 6.24. The van der Waals surface area contributed by atoms with E-state index in [0.717, 1.165) is 16.1 Å². The minimum atomic E-state index is 0.329. The smallest absolute Gasteiger partial charge is 0.229 e. The van der Waals surface area contributed by atoms with Gasteiger partial charge in [0.15, 0.2) is 0 Å². The van der Waals surface area contributed by atoms with Crippen molar-refractivity contribution in [3.63, 3.8) is 0 Å². The summed E-state index contributed by atoms with van der Waals surface area (Å²) in [4.78, 5) is 0. The summed E-state index contributed by atoms with van der Waals surface area (Å²) < 4.78 is 4.83. The van der Waals surface area contributed by atoms with Gasteiger partial charge in [-0.2, -0.15) is 0 Å². The first-order chi connectivity index (χ1) is 7.75. The normalized spacial score (nSPS) is 15.3. The lowest BCUT2D eigenvalue weighted by Gasteiger charge is -2.04. The molecule has 2 N–H and O–H groups in total. The lowest BCUT2D eigenvalue weighted by Crippen LogP contribution is -1.87. The van der Waals surface area contributed by atoms with Crippen LogP contribution >= 0.6 is 11.6 Å². The van der Waals surface area contributed by atoms with Crippen molar-refractivity contribution in [2.24, 2.45) is 0 Å². The van der Waals surface area contributed by atoms with Gasteiger partial charge < -0.3 is 10.3 Å². The van der Waals surface area contributed by atoms with Gasteiger partial charge in [0.25, 0.3) is 0 Å². The third-order valence-electron chi connectivity index (χ3n) is 2.93. The molecule has 16 heavy (non-hydrogen) atoms. The van der Waals surface area contributed by atoms with Crippen molar-refractivity contribution in [2.75, 3.05) is 5.73 Å². The van der Waals surface area contributed by atoms with Crippen molar-refractivity contribution in [1.29, 1.82) is 0 Å². The van der Waals surface area contributed by atoms with Gasteiger partial charge in [-0.1, -0.05) is 28.9 Å². The van der Waals surface area contributed by atoms with Crippen LogP contribution in [0.2, 0.25) is 5.02 Å². The lowest BCUT2D eigenvalue weighted by molar-refractivity contribution is 0.436. The third-order valence-corrected chi connectivity index (χ3v) is 3.25. The van der Waals surface area contributed by atoms with Gasteiger partial charge in [0, 0.05) is 5.02 Å². The number of nitrogens with two attached hydrogens (primary N) is 1. The number of nitrogen functional groups attached to an aromatic ring is 1. The molecule has 1 aliphatic rings. The maximum atomic E-state index is 6.24. The summed E-state index contributed by atoms with van der Waals surface area (Å²) in [5.41, 5.74) is 8.64. The number of rotatable bonds is 2. The van der Waals surface area contributed by atoms with Crippen molar-refractivity contribution in [3.8, 4) is 11.1 Å². The van der Waals surface area contributed by atoms with Crippen LogP contribution in [0.4, 0.5) is 5.88 Å². The summed E-state index contributed by atoms with van der Waals surface area (Å²) in [7, 11) is 0. The number of halogens is 1. The van der Waals surface area contributed by atoms with Gasteiger partial charge >= 0.3 is 0 Å². The summed E-state index contributed by atoms with van der Waals surface area (Å²) in [6.07, 6.45) is 4.10. The Bertz CT molecular complexity index is 532. The Hall–Kier alpha value is -1.48. The number of benzene rings is 1. The third kappa shape index (κ3) is 1.57. The number of anilines is 1. The van der Waals surface area contributed by atoms with Crippen LogP contribution in [-0.4, -0.2) is 5.16 Å². The first kappa shape index (κ1) is 9.73. The van der Waals surface area contributed by atoms with E-state index in [2.05, 4.69) is 11.2 Å². The molecule has 0 unspecified atom stereocenters. The van der Waals surface area contributed by atoms with Crippen LogP contribution in [0.15, 0.2) is 28.9 Å². The van der Waals surface area contributed by atoms with Crippen molar-refractivity contribution >= 4 is 17.5 Å². The SMILES string of the molecule is Nc1oncc1-c1ccc(C2CC2)c(Cl)c1. The lowest BCUT2D eigenvalue weighted by atomic mass is 10.0. The molecule has 0 amide bonds. The molecule has 3 rings (SSSR count). The molecular weight excluding hydrogens is 224 g/mol. The maximum absolute atomic E-state index is 6.24. The number of nitrogens with zero attached hydrogens (tertiary/aromatic N) is 1. The summed E-state index contributed by atoms with van der Waals surface area (Å²) in [6.45, 7) is 0. The zero-order chi connectivity index (χ0) is 11.1. The fraction of sp³-hybridized carbons (Fsp3) is 0.250. The molecule has 1 heterocycles. The van der Waals surface area contributed by atoms with Crippen LogP contribution < -0.4 is 5.73 Å². The van der Waals surface area contributed by atoms with Gasteiger partial charge in [0.05, 0.1) is 11.8 Å². The first-order valence-corrected chi connectivity index (χ1v) is 5.63. The standard InChI is InChI=1S/C12H11ClN2O/c13-11-5-8(10-6-15-16-12(10)14)3-4-9(11)7-1-2-7/h3-7H,1-2,14H2. The van der Waals surface area contributed by atoms with E-state index in [-0.39, 0.29) is 0 Å². The Morgan fingerprint density at radius 1 is 1.38 bits per heavy atom. The van der Waals surface area contributed by atoms with Crippen molar-refractivity contribution in [1.82, 2.24) is 5.16 Å². The Morgan fingerprint density at radius 2 is 2.19 bits per heavy atom. The predicted molar refractivity (Wildman–Crippen MR) is 63.3 cm³/mol. The van der Waals surface area contributed by atoms with E-state index in [1.54, 1.807) is 6.20 Å². The number of hydrogen-bond donors (Lipinski definition) is 1. The van der Waals surface area contributed by atoms with E-state index >= 15 is 0 Å². The van der Waals surface area contributed by atoms with Crippen LogP contribution in [0.25, 0.3) is 11.1 Å². The minimum absolute atomic E-state index is 0.329. The fourth-order valence-corrected chi connectivity index (χ4v) is 2.22. The largest absolute Gasteiger partial charge is 0.367 e. The van der Waals surface area contributed by atoms with E-state index in [1.807, 2.05) is 12.1 Å². The van der Waals surface area contributed by atoms with E-state index in [0.29, 0.717) is 11.8 Å². The van der Waals surface area contributed by atoms with Crippen LogP contribution in [0.1, 0.15) is 24.3 Å². The molecule has 0 spiro atoms. The molecule has 0 radical (unpaired) electrons. The molecule has 1 aromatic heterocycles. The van der Waals surface area contributed by atoms with E-state index in [1.165, 1.54) is 18.4 Å². The zero-order valence-corrected chi connectivity index (χ0v) is 9.37. The van der Waals surface area contributed by atoms with Crippen LogP contribution in [0, 0.1) is 0 Å². The van der Waals surface area contributed by atoms with Crippen molar-refractivity contribution in [2.45, 2.75) is 18.8 Å². The average Bonchev–Trinajstić information content (AvgIpc) is 3.01.